The number of nitrogens with one attached hydrogen (secondary N) is 1. The van der Waals surface area contributed by atoms with E-state index in [1.54, 1.807) is 43.7 Å². The maximum Gasteiger partial charge on any atom is 0.416 e. The van der Waals surface area contributed by atoms with Gasteiger partial charge in [-0.1, -0.05) is 32.0 Å². The molecule has 8 heteroatoms. The van der Waals surface area contributed by atoms with Crippen molar-refractivity contribution in [2.24, 2.45) is 0 Å². The third-order valence-electron chi connectivity index (χ3n) is 4.32. The van der Waals surface area contributed by atoms with Gasteiger partial charge in [-0.25, -0.2) is 4.98 Å². The molecule has 0 bridgehead atoms. The highest BCUT2D eigenvalue weighted by molar-refractivity contribution is 7.13. The molecule has 2 aromatic heterocycles. The van der Waals surface area contributed by atoms with Crippen molar-refractivity contribution in [3.05, 3.63) is 64.9 Å². The molecular weight excluding hydrogens is 389 g/mol. The monoisotopic (exact) mass is 408 g/mol. The van der Waals surface area contributed by atoms with Crippen LogP contribution in [-0.4, -0.2) is 17.4 Å². The summed E-state index contributed by atoms with van der Waals surface area (Å²) in [6.07, 6.45) is -2.75. The van der Waals surface area contributed by atoms with Crippen LogP contribution in [0.5, 0.6) is 0 Å². The van der Waals surface area contributed by atoms with Crippen molar-refractivity contribution in [3.63, 3.8) is 0 Å². The second-order valence-corrected chi connectivity index (χ2v) is 7.90. The number of halogens is 3. The van der Waals surface area contributed by atoms with Crippen LogP contribution in [0.3, 0.4) is 0 Å². The lowest BCUT2D eigenvalue weighted by molar-refractivity contribution is -0.137. The maximum atomic E-state index is 12.9. The highest BCUT2D eigenvalue weighted by Crippen LogP contribution is 2.32. The van der Waals surface area contributed by atoms with Crippen molar-refractivity contribution < 1.29 is 22.4 Å². The molecule has 0 radical (unpaired) electrons. The summed E-state index contributed by atoms with van der Waals surface area (Å²) in [6, 6.07) is 8.74. The standard InChI is InChI=1S/C20H19F3N2O2S/c1-19(2,13-5-3-6-14(9-13)20(21,22)23)12-24-17(26)10-15-11-28-18(25-15)16-7-4-8-27-16/h3-9,11H,10,12H2,1-2H3,(H,24,26). The van der Waals surface area contributed by atoms with E-state index in [0.29, 0.717) is 22.0 Å². The van der Waals surface area contributed by atoms with Gasteiger partial charge in [0, 0.05) is 17.3 Å². The first-order valence-electron chi connectivity index (χ1n) is 8.58. The Morgan fingerprint density at radius 3 is 2.61 bits per heavy atom. The van der Waals surface area contributed by atoms with Crippen LogP contribution in [0.25, 0.3) is 10.8 Å². The number of benzene rings is 1. The predicted molar refractivity (Wildman–Crippen MR) is 101 cm³/mol. The molecule has 148 valence electrons. The number of rotatable bonds is 6. The summed E-state index contributed by atoms with van der Waals surface area (Å²) in [5.74, 6) is 0.402. The molecule has 28 heavy (non-hydrogen) atoms. The number of nitrogens with zero attached hydrogens (tertiary/aromatic N) is 1. The lowest BCUT2D eigenvalue weighted by atomic mass is 9.83. The third-order valence-corrected chi connectivity index (χ3v) is 5.23. The molecular formula is C20H19F3N2O2S. The van der Waals surface area contributed by atoms with Gasteiger partial charge in [-0.3, -0.25) is 4.79 Å². The normalized spacial score (nSPS) is 12.2. The second kappa shape index (κ2) is 7.79. The molecule has 0 unspecified atom stereocenters. The van der Waals surface area contributed by atoms with Crippen molar-refractivity contribution >= 4 is 17.2 Å². The van der Waals surface area contributed by atoms with E-state index in [0.717, 1.165) is 12.1 Å². The number of thiazole rings is 1. The first-order valence-corrected chi connectivity index (χ1v) is 9.46. The van der Waals surface area contributed by atoms with Gasteiger partial charge in [-0.05, 0) is 23.8 Å². The average Bonchev–Trinajstić information content (AvgIpc) is 3.31. The van der Waals surface area contributed by atoms with Crippen molar-refractivity contribution in [3.8, 4) is 10.8 Å². The first kappa shape index (κ1) is 20.1. The molecule has 4 nitrogen and oxygen atoms in total. The van der Waals surface area contributed by atoms with E-state index in [2.05, 4.69) is 10.3 Å². The maximum absolute atomic E-state index is 12.9. The molecule has 0 saturated carbocycles. The fourth-order valence-corrected chi connectivity index (χ4v) is 3.45. The van der Waals surface area contributed by atoms with Crippen LogP contribution in [0.2, 0.25) is 0 Å². The molecule has 0 saturated heterocycles. The fraction of sp³-hybridized carbons (Fsp3) is 0.300. The topological polar surface area (TPSA) is 55.1 Å². The molecule has 0 aliphatic rings. The van der Waals surface area contributed by atoms with Gasteiger partial charge in [0.25, 0.3) is 0 Å². The van der Waals surface area contributed by atoms with E-state index in [1.807, 2.05) is 0 Å². The van der Waals surface area contributed by atoms with Gasteiger partial charge in [-0.15, -0.1) is 11.3 Å². The predicted octanol–water partition coefficient (Wildman–Crippen LogP) is 5.06. The molecule has 3 aromatic rings. The number of carbonyl (C=O) groups is 1. The summed E-state index contributed by atoms with van der Waals surface area (Å²) in [7, 11) is 0. The number of carbonyl (C=O) groups excluding carboxylic acids is 1. The van der Waals surface area contributed by atoms with Crippen molar-refractivity contribution in [1.29, 1.82) is 0 Å². The third kappa shape index (κ3) is 4.81. The van der Waals surface area contributed by atoms with E-state index in [4.69, 9.17) is 4.42 Å². The lowest BCUT2D eigenvalue weighted by Crippen LogP contribution is -2.37. The van der Waals surface area contributed by atoms with Gasteiger partial charge < -0.3 is 9.73 Å². The van der Waals surface area contributed by atoms with Crippen LogP contribution < -0.4 is 5.32 Å². The first-order chi connectivity index (χ1) is 13.1. The highest BCUT2D eigenvalue weighted by Gasteiger charge is 2.32. The minimum absolute atomic E-state index is 0.0931. The Morgan fingerprint density at radius 1 is 1.18 bits per heavy atom. The average molecular weight is 408 g/mol. The van der Waals surface area contributed by atoms with Crippen LogP contribution >= 0.6 is 11.3 Å². The second-order valence-electron chi connectivity index (χ2n) is 7.04. The number of alkyl halides is 3. The Kier molecular flexibility index (Phi) is 5.60. The van der Waals surface area contributed by atoms with Crippen LogP contribution in [0.1, 0.15) is 30.7 Å². The van der Waals surface area contributed by atoms with Gasteiger partial charge in [0.2, 0.25) is 5.91 Å². The Morgan fingerprint density at radius 2 is 1.93 bits per heavy atom. The van der Waals surface area contributed by atoms with Crippen LogP contribution in [0.4, 0.5) is 13.2 Å². The zero-order valence-corrected chi connectivity index (χ0v) is 16.2. The van der Waals surface area contributed by atoms with Gasteiger partial charge >= 0.3 is 6.18 Å². The summed E-state index contributed by atoms with van der Waals surface area (Å²) in [4.78, 5) is 16.6. The summed E-state index contributed by atoms with van der Waals surface area (Å²) in [6.45, 7) is 3.80. The number of furan rings is 1. The van der Waals surface area contributed by atoms with E-state index >= 15 is 0 Å². The summed E-state index contributed by atoms with van der Waals surface area (Å²) in [5, 5.41) is 5.27. The molecule has 1 aromatic carbocycles. The number of hydrogen-bond acceptors (Lipinski definition) is 4. The van der Waals surface area contributed by atoms with Crippen molar-refractivity contribution in [2.75, 3.05) is 6.54 Å². The van der Waals surface area contributed by atoms with Gasteiger partial charge in [0.05, 0.1) is 23.9 Å². The Hall–Kier alpha value is -2.61. The molecule has 0 atom stereocenters. The number of amides is 1. The van der Waals surface area contributed by atoms with Crippen LogP contribution in [-0.2, 0) is 22.8 Å². The van der Waals surface area contributed by atoms with E-state index in [1.165, 1.54) is 17.4 Å². The SMILES string of the molecule is CC(C)(CNC(=O)Cc1csc(-c2ccco2)n1)c1cccc(C(F)(F)F)c1. The molecule has 2 heterocycles. The van der Waals surface area contributed by atoms with Crippen molar-refractivity contribution in [2.45, 2.75) is 31.9 Å². The quantitative estimate of drug-likeness (QED) is 0.620. The largest absolute Gasteiger partial charge is 0.462 e. The minimum Gasteiger partial charge on any atom is -0.462 e. The molecule has 0 fully saturated rings. The zero-order valence-electron chi connectivity index (χ0n) is 15.3. The zero-order chi connectivity index (χ0) is 20.4. The molecule has 1 N–H and O–H groups in total. The molecule has 1 amide bonds. The van der Waals surface area contributed by atoms with Crippen LogP contribution in [0.15, 0.2) is 52.5 Å². The molecule has 3 rings (SSSR count). The summed E-state index contributed by atoms with van der Waals surface area (Å²) < 4.78 is 44.1. The smallest absolute Gasteiger partial charge is 0.416 e. The molecule has 0 spiro atoms. The Balaban J connectivity index is 1.61. The number of aromatic nitrogens is 1. The van der Waals surface area contributed by atoms with E-state index < -0.39 is 17.2 Å². The Labute approximate surface area is 164 Å². The Bertz CT molecular complexity index is 947. The summed E-state index contributed by atoms with van der Waals surface area (Å²) >= 11 is 1.38. The minimum atomic E-state index is -4.40. The van der Waals surface area contributed by atoms with Gasteiger partial charge in [0.15, 0.2) is 10.8 Å². The fourth-order valence-electron chi connectivity index (χ4n) is 2.67. The van der Waals surface area contributed by atoms with E-state index in [-0.39, 0.29) is 18.9 Å². The van der Waals surface area contributed by atoms with Gasteiger partial charge in [-0.2, -0.15) is 13.2 Å². The summed E-state index contributed by atoms with van der Waals surface area (Å²) in [5.41, 5.74) is -0.224. The highest BCUT2D eigenvalue weighted by atomic mass is 32.1. The molecule has 0 aliphatic heterocycles. The van der Waals surface area contributed by atoms with Gasteiger partial charge in [0.1, 0.15) is 0 Å². The lowest BCUT2D eigenvalue weighted by Gasteiger charge is -2.26. The van der Waals surface area contributed by atoms with Crippen molar-refractivity contribution in [1.82, 2.24) is 10.3 Å². The van der Waals surface area contributed by atoms with Crippen LogP contribution in [0, 0.1) is 0 Å². The molecule has 0 aliphatic carbocycles. The van der Waals surface area contributed by atoms with E-state index in [9.17, 15) is 18.0 Å². The number of hydrogen-bond donors (Lipinski definition) is 1.